The molecule has 2 saturated carbocycles. The van der Waals surface area contributed by atoms with Crippen LogP contribution >= 0.6 is 0 Å². The second-order valence-electron chi connectivity index (χ2n) is 16.8. The standard InChI is InChI=1S/C52H56N2/c1-51(2,3)50-26-16-17-39-52(50,42-29-35-48(36-30-42)53(44-20-10-5-11-21-44)45-22-12-6-13-23-45)43-31-37-49(38-32-43)54(46-24-14-7-15-25-46)47-33-27-41(28-34-47)40-18-8-4-9-19-40/h5-7,10-15,20-25,27-38,40,50H,4,8-9,16-19,26,39H2,1-3H3. The molecule has 0 aromatic heterocycles. The summed E-state index contributed by atoms with van der Waals surface area (Å²) >= 11 is 0. The van der Waals surface area contributed by atoms with Crippen LogP contribution < -0.4 is 9.80 Å². The summed E-state index contributed by atoms with van der Waals surface area (Å²) in [5, 5.41) is 0. The van der Waals surface area contributed by atoms with Gasteiger partial charge >= 0.3 is 0 Å². The van der Waals surface area contributed by atoms with Crippen LogP contribution in [0.5, 0.6) is 0 Å². The van der Waals surface area contributed by atoms with Gasteiger partial charge in [0.25, 0.3) is 0 Å². The van der Waals surface area contributed by atoms with Gasteiger partial charge in [-0.1, -0.05) is 144 Å². The zero-order valence-corrected chi connectivity index (χ0v) is 32.5. The van der Waals surface area contributed by atoms with Crippen LogP contribution in [0.3, 0.4) is 0 Å². The summed E-state index contributed by atoms with van der Waals surface area (Å²) in [7, 11) is 0. The first-order valence-electron chi connectivity index (χ1n) is 20.5. The predicted octanol–water partition coefficient (Wildman–Crippen LogP) is 15.2. The van der Waals surface area contributed by atoms with Crippen molar-refractivity contribution in [2.45, 2.75) is 89.9 Å². The molecule has 0 heterocycles. The highest BCUT2D eigenvalue weighted by atomic mass is 15.1. The Labute approximate surface area is 324 Å². The van der Waals surface area contributed by atoms with Crippen molar-refractivity contribution in [2.24, 2.45) is 11.3 Å². The third-order valence-corrected chi connectivity index (χ3v) is 12.5. The summed E-state index contributed by atoms with van der Waals surface area (Å²) in [6.45, 7) is 7.38. The topological polar surface area (TPSA) is 6.48 Å². The molecule has 0 aliphatic heterocycles. The Balaban J connectivity index is 1.18. The lowest BCUT2D eigenvalue weighted by Crippen LogP contribution is -2.45. The van der Waals surface area contributed by atoms with E-state index in [1.807, 2.05) is 0 Å². The van der Waals surface area contributed by atoms with Crippen molar-refractivity contribution in [1.82, 2.24) is 0 Å². The molecule has 0 amide bonds. The fourth-order valence-electron chi connectivity index (χ4n) is 9.98. The molecule has 0 radical (unpaired) electrons. The number of anilines is 6. The Morgan fingerprint density at radius 1 is 0.407 bits per heavy atom. The molecule has 0 bridgehead atoms. The van der Waals surface area contributed by atoms with E-state index in [2.05, 4.69) is 194 Å². The van der Waals surface area contributed by atoms with Gasteiger partial charge in [-0.2, -0.15) is 0 Å². The van der Waals surface area contributed by atoms with Gasteiger partial charge in [0.1, 0.15) is 0 Å². The molecule has 6 aromatic carbocycles. The maximum absolute atomic E-state index is 2.46. The molecule has 2 unspecified atom stereocenters. The second kappa shape index (κ2) is 15.7. The van der Waals surface area contributed by atoms with E-state index >= 15 is 0 Å². The van der Waals surface area contributed by atoms with E-state index in [4.69, 9.17) is 0 Å². The van der Waals surface area contributed by atoms with E-state index in [1.54, 1.807) is 0 Å². The smallest absolute Gasteiger partial charge is 0.0461 e. The first-order chi connectivity index (χ1) is 26.4. The molecule has 2 atom stereocenters. The Bertz CT molecular complexity index is 2020. The molecular weight excluding hydrogens is 653 g/mol. The van der Waals surface area contributed by atoms with E-state index < -0.39 is 0 Å². The van der Waals surface area contributed by atoms with Crippen molar-refractivity contribution in [3.8, 4) is 0 Å². The quantitative estimate of drug-likeness (QED) is 0.148. The van der Waals surface area contributed by atoms with Crippen molar-refractivity contribution < 1.29 is 0 Å². The van der Waals surface area contributed by atoms with Crippen molar-refractivity contribution in [3.05, 3.63) is 180 Å². The minimum Gasteiger partial charge on any atom is -0.311 e. The summed E-state index contributed by atoms with van der Waals surface area (Å²) in [5.41, 5.74) is 11.5. The summed E-state index contributed by atoms with van der Waals surface area (Å²) in [6.07, 6.45) is 11.6. The highest BCUT2D eigenvalue weighted by Crippen LogP contribution is 2.55. The SMILES string of the molecule is CC(C)(C)C1CCCCC1(c1ccc(N(c2ccccc2)c2ccccc2)cc1)c1ccc(N(c2ccccc2)c2ccc(C3CCCCC3)cc2)cc1. The average Bonchev–Trinajstić information content (AvgIpc) is 3.23. The van der Waals surface area contributed by atoms with Crippen LogP contribution in [0.1, 0.15) is 101 Å². The monoisotopic (exact) mass is 708 g/mol. The van der Waals surface area contributed by atoms with E-state index in [9.17, 15) is 0 Å². The Kier molecular flexibility index (Phi) is 10.5. The third-order valence-electron chi connectivity index (χ3n) is 12.5. The Hall–Kier alpha value is -5.08. The molecule has 54 heavy (non-hydrogen) atoms. The lowest BCUT2D eigenvalue weighted by Gasteiger charge is -2.51. The van der Waals surface area contributed by atoms with Gasteiger partial charge in [0.15, 0.2) is 0 Å². The fourth-order valence-corrected chi connectivity index (χ4v) is 9.98. The predicted molar refractivity (Wildman–Crippen MR) is 230 cm³/mol. The number of hydrogen-bond acceptors (Lipinski definition) is 2. The number of nitrogens with zero attached hydrogens (tertiary/aromatic N) is 2. The van der Waals surface area contributed by atoms with E-state index in [0.29, 0.717) is 11.8 Å². The lowest BCUT2D eigenvalue weighted by atomic mass is 9.52. The zero-order chi connectivity index (χ0) is 37.0. The molecule has 2 aliphatic carbocycles. The number of rotatable bonds is 9. The molecule has 0 N–H and O–H groups in total. The minimum absolute atomic E-state index is 0.0862. The number of hydrogen-bond donors (Lipinski definition) is 0. The van der Waals surface area contributed by atoms with Gasteiger partial charge in [0.2, 0.25) is 0 Å². The van der Waals surface area contributed by atoms with E-state index in [0.717, 1.165) is 6.42 Å². The van der Waals surface area contributed by atoms with Crippen molar-refractivity contribution in [3.63, 3.8) is 0 Å². The molecular formula is C52H56N2. The molecule has 2 fully saturated rings. The van der Waals surface area contributed by atoms with E-state index in [-0.39, 0.29) is 10.8 Å². The summed E-state index contributed by atoms with van der Waals surface area (Å²) in [4.78, 5) is 4.80. The molecule has 274 valence electrons. The molecule has 2 aliphatic rings. The van der Waals surface area contributed by atoms with Crippen LogP contribution in [0.2, 0.25) is 0 Å². The first-order valence-corrected chi connectivity index (χ1v) is 20.5. The van der Waals surface area contributed by atoms with Crippen LogP contribution in [0.25, 0.3) is 0 Å². The van der Waals surface area contributed by atoms with Crippen molar-refractivity contribution >= 4 is 34.1 Å². The van der Waals surface area contributed by atoms with Gasteiger partial charge in [-0.15, -0.1) is 0 Å². The highest BCUT2D eigenvalue weighted by Gasteiger charge is 2.48. The van der Waals surface area contributed by atoms with Crippen LogP contribution in [-0.4, -0.2) is 0 Å². The molecule has 0 spiro atoms. The van der Waals surface area contributed by atoms with Gasteiger partial charge in [-0.05, 0) is 132 Å². The van der Waals surface area contributed by atoms with Crippen LogP contribution in [-0.2, 0) is 5.41 Å². The van der Waals surface area contributed by atoms with Crippen LogP contribution in [0.4, 0.5) is 34.1 Å². The van der Waals surface area contributed by atoms with Gasteiger partial charge in [-0.3, -0.25) is 0 Å². The zero-order valence-electron chi connectivity index (χ0n) is 32.5. The second-order valence-corrected chi connectivity index (χ2v) is 16.8. The normalized spacial score (nSPS) is 19.3. The molecule has 0 saturated heterocycles. The first kappa shape index (κ1) is 35.9. The van der Waals surface area contributed by atoms with Gasteiger partial charge < -0.3 is 9.80 Å². The summed E-state index contributed by atoms with van der Waals surface area (Å²) in [5.74, 6) is 1.21. The van der Waals surface area contributed by atoms with Crippen LogP contribution in [0, 0.1) is 11.3 Å². The van der Waals surface area contributed by atoms with E-state index in [1.165, 1.54) is 102 Å². The molecule has 2 nitrogen and oxygen atoms in total. The molecule has 8 rings (SSSR count). The number of para-hydroxylation sites is 3. The average molecular weight is 709 g/mol. The maximum Gasteiger partial charge on any atom is 0.0461 e. The van der Waals surface area contributed by atoms with Crippen LogP contribution in [0.15, 0.2) is 164 Å². The summed E-state index contributed by atoms with van der Waals surface area (Å²) < 4.78 is 0. The minimum atomic E-state index is -0.0862. The third kappa shape index (κ3) is 7.24. The highest BCUT2D eigenvalue weighted by molar-refractivity contribution is 5.78. The Morgan fingerprint density at radius 2 is 0.778 bits per heavy atom. The molecule has 6 aromatic rings. The van der Waals surface area contributed by atoms with Crippen molar-refractivity contribution in [2.75, 3.05) is 9.80 Å². The Morgan fingerprint density at radius 3 is 1.19 bits per heavy atom. The van der Waals surface area contributed by atoms with Crippen molar-refractivity contribution in [1.29, 1.82) is 0 Å². The largest absolute Gasteiger partial charge is 0.311 e. The fraction of sp³-hybridized carbons (Fsp3) is 0.308. The van der Waals surface area contributed by atoms with Gasteiger partial charge in [-0.25, -0.2) is 0 Å². The molecule has 2 heteroatoms. The van der Waals surface area contributed by atoms with Gasteiger partial charge in [0.05, 0.1) is 0 Å². The summed E-state index contributed by atoms with van der Waals surface area (Å²) in [6, 6.07) is 61.1. The van der Waals surface area contributed by atoms with Gasteiger partial charge in [0, 0.05) is 39.5 Å². The lowest BCUT2D eigenvalue weighted by molar-refractivity contribution is 0.100. The maximum atomic E-state index is 2.46. The number of benzene rings is 6.